The molecule has 21 heavy (non-hydrogen) atoms. The number of pyridine rings is 1. The minimum atomic E-state index is 0.547. The van der Waals surface area contributed by atoms with Crippen molar-refractivity contribution >= 4 is 17.3 Å². The summed E-state index contributed by atoms with van der Waals surface area (Å²) in [5.41, 5.74) is 6.72. The van der Waals surface area contributed by atoms with Crippen molar-refractivity contribution in [2.24, 2.45) is 0 Å². The Morgan fingerprint density at radius 1 is 1.05 bits per heavy atom. The molecule has 2 aromatic heterocycles. The first-order valence-corrected chi connectivity index (χ1v) is 6.84. The van der Waals surface area contributed by atoms with Gasteiger partial charge in [0, 0.05) is 32.2 Å². The lowest BCUT2D eigenvalue weighted by atomic mass is 10.2. The Bertz CT molecular complexity index is 595. The molecule has 110 valence electrons. The van der Waals surface area contributed by atoms with Crippen LogP contribution in [0.25, 0.3) is 0 Å². The second-order valence-corrected chi connectivity index (χ2v) is 4.83. The van der Waals surface area contributed by atoms with Crippen LogP contribution in [-0.4, -0.2) is 48.2 Å². The van der Waals surface area contributed by atoms with Crippen molar-refractivity contribution in [3.8, 4) is 5.88 Å². The quantitative estimate of drug-likeness (QED) is 0.893. The number of nitrogen functional groups attached to an aromatic ring is 1. The third-order valence-corrected chi connectivity index (χ3v) is 3.58. The van der Waals surface area contributed by atoms with Crippen molar-refractivity contribution in [3.63, 3.8) is 0 Å². The molecule has 7 nitrogen and oxygen atoms in total. The van der Waals surface area contributed by atoms with Crippen LogP contribution in [0.4, 0.5) is 17.3 Å². The predicted molar refractivity (Wildman–Crippen MR) is 81.7 cm³/mol. The topological polar surface area (TPSA) is 80.4 Å². The second kappa shape index (κ2) is 5.82. The maximum absolute atomic E-state index is 5.62. The first-order valence-electron chi connectivity index (χ1n) is 6.84. The van der Waals surface area contributed by atoms with Gasteiger partial charge in [-0.15, -0.1) is 0 Å². The second-order valence-electron chi connectivity index (χ2n) is 4.83. The Hall–Kier alpha value is -2.57. The minimum absolute atomic E-state index is 0.547. The van der Waals surface area contributed by atoms with E-state index < -0.39 is 0 Å². The molecule has 2 N–H and O–H groups in total. The van der Waals surface area contributed by atoms with Gasteiger partial charge >= 0.3 is 0 Å². The highest BCUT2D eigenvalue weighted by Crippen LogP contribution is 2.20. The predicted octanol–water partition coefficient (Wildman–Crippen LogP) is 0.789. The first kappa shape index (κ1) is 13.4. The van der Waals surface area contributed by atoms with E-state index in [4.69, 9.17) is 10.5 Å². The zero-order chi connectivity index (χ0) is 14.7. The van der Waals surface area contributed by atoms with Crippen molar-refractivity contribution in [1.29, 1.82) is 0 Å². The summed E-state index contributed by atoms with van der Waals surface area (Å²) in [6.07, 6.45) is 3.35. The maximum atomic E-state index is 5.62. The first-order chi connectivity index (χ1) is 10.3. The molecular weight excluding hydrogens is 268 g/mol. The molecule has 2 aromatic rings. The standard InChI is InChI=1S/C14H18N6O/c1-21-14-8-13(17-10-18-14)20-6-4-19(5-7-20)11-2-3-12(15)16-9-11/h2-3,8-10H,4-7H2,1H3,(H2,15,16). The van der Waals surface area contributed by atoms with Gasteiger partial charge < -0.3 is 20.3 Å². The van der Waals surface area contributed by atoms with Crippen molar-refractivity contribution in [2.75, 3.05) is 48.8 Å². The van der Waals surface area contributed by atoms with Crippen LogP contribution in [0.2, 0.25) is 0 Å². The third kappa shape index (κ3) is 2.96. The van der Waals surface area contributed by atoms with Crippen LogP contribution in [-0.2, 0) is 0 Å². The van der Waals surface area contributed by atoms with Gasteiger partial charge in [0.2, 0.25) is 5.88 Å². The van der Waals surface area contributed by atoms with Crippen molar-refractivity contribution in [3.05, 3.63) is 30.7 Å². The largest absolute Gasteiger partial charge is 0.481 e. The molecule has 0 aromatic carbocycles. The summed E-state index contributed by atoms with van der Waals surface area (Å²) in [7, 11) is 1.61. The zero-order valence-corrected chi connectivity index (χ0v) is 11.9. The highest BCUT2D eigenvalue weighted by molar-refractivity contribution is 5.50. The van der Waals surface area contributed by atoms with Gasteiger partial charge in [0.05, 0.1) is 19.0 Å². The summed E-state index contributed by atoms with van der Waals surface area (Å²) in [5.74, 6) is 2.03. The lowest BCUT2D eigenvalue weighted by molar-refractivity contribution is 0.396. The van der Waals surface area contributed by atoms with Gasteiger partial charge in [-0.2, -0.15) is 0 Å². The molecule has 1 saturated heterocycles. The van der Waals surface area contributed by atoms with Gasteiger partial charge in [0.25, 0.3) is 0 Å². The molecule has 1 aliphatic heterocycles. The fraction of sp³-hybridized carbons (Fsp3) is 0.357. The van der Waals surface area contributed by atoms with Gasteiger partial charge in [-0.05, 0) is 12.1 Å². The maximum Gasteiger partial charge on any atom is 0.218 e. The lowest BCUT2D eigenvalue weighted by Gasteiger charge is -2.36. The smallest absolute Gasteiger partial charge is 0.218 e. The molecule has 3 rings (SSSR count). The normalized spacial score (nSPS) is 15.1. The molecule has 1 aliphatic rings. The number of rotatable bonds is 3. The van der Waals surface area contributed by atoms with E-state index in [-0.39, 0.29) is 0 Å². The molecule has 0 aliphatic carbocycles. The zero-order valence-electron chi connectivity index (χ0n) is 11.9. The molecule has 0 amide bonds. The fourth-order valence-electron chi connectivity index (χ4n) is 2.39. The Labute approximate surface area is 123 Å². The lowest BCUT2D eigenvalue weighted by Crippen LogP contribution is -2.46. The van der Waals surface area contributed by atoms with E-state index in [0.29, 0.717) is 11.7 Å². The van der Waals surface area contributed by atoms with Gasteiger partial charge in [-0.1, -0.05) is 0 Å². The molecule has 7 heteroatoms. The number of piperazine rings is 1. The summed E-state index contributed by atoms with van der Waals surface area (Å²) in [6.45, 7) is 3.62. The average molecular weight is 286 g/mol. The molecule has 0 spiro atoms. The number of nitrogens with two attached hydrogens (primary N) is 1. The van der Waals surface area contributed by atoms with E-state index in [1.54, 1.807) is 7.11 Å². The highest BCUT2D eigenvalue weighted by atomic mass is 16.5. The van der Waals surface area contributed by atoms with Gasteiger partial charge in [0.15, 0.2) is 0 Å². The molecule has 0 saturated carbocycles. The number of hydrogen-bond acceptors (Lipinski definition) is 7. The molecule has 0 bridgehead atoms. The van der Waals surface area contributed by atoms with E-state index in [2.05, 4.69) is 24.8 Å². The van der Waals surface area contributed by atoms with E-state index in [1.165, 1.54) is 6.33 Å². The number of aromatic nitrogens is 3. The molecule has 0 unspecified atom stereocenters. The summed E-state index contributed by atoms with van der Waals surface area (Å²) >= 11 is 0. The number of hydrogen-bond donors (Lipinski definition) is 1. The van der Waals surface area contributed by atoms with Gasteiger partial charge in [-0.25, -0.2) is 15.0 Å². The van der Waals surface area contributed by atoms with Crippen LogP contribution in [0.5, 0.6) is 5.88 Å². The van der Waals surface area contributed by atoms with Crippen LogP contribution >= 0.6 is 0 Å². The van der Waals surface area contributed by atoms with E-state index in [0.717, 1.165) is 37.7 Å². The number of methoxy groups -OCH3 is 1. The number of ether oxygens (including phenoxy) is 1. The monoisotopic (exact) mass is 286 g/mol. The van der Waals surface area contributed by atoms with Crippen molar-refractivity contribution in [2.45, 2.75) is 0 Å². The van der Waals surface area contributed by atoms with E-state index in [1.807, 2.05) is 24.4 Å². The molecular formula is C14H18N6O. The van der Waals surface area contributed by atoms with Crippen LogP contribution in [0.15, 0.2) is 30.7 Å². The molecule has 0 atom stereocenters. The summed E-state index contributed by atoms with van der Waals surface area (Å²) in [5, 5.41) is 0. The van der Waals surface area contributed by atoms with Crippen LogP contribution in [0.1, 0.15) is 0 Å². The van der Waals surface area contributed by atoms with Crippen LogP contribution in [0.3, 0.4) is 0 Å². The third-order valence-electron chi connectivity index (χ3n) is 3.58. The van der Waals surface area contributed by atoms with E-state index >= 15 is 0 Å². The van der Waals surface area contributed by atoms with Gasteiger partial charge in [0.1, 0.15) is 18.0 Å². The highest BCUT2D eigenvalue weighted by Gasteiger charge is 2.19. The van der Waals surface area contributed by atoms with E-state index in [9.17, 15) is 0 Å². The summed E-state index contributed by atoms with van der Waals surface area (Å²) in [4.78, 5) is 17.0. The number of nitrogens with zero attached hydrogens (tertiary/aromatic N) is 5. The van der Waals surface area contributed by atoms with Crippen LogP contribution < -0.4 is 20.3 Å². The van der Waals surface area contributed by atoms with Gasteiger partial charge in [-0.3, -0.25) is 0 Å². The summed E-state index contributed by atoms with van der Waals surface area (Å²) in [6, 6.07) is 5.70. The fourth-order valence-corrected chi connectivity index (χ4v) is 2.39. The van der Waals surface area contributed by atoms with Crippen LogP contribution in [0, 0.1) is 0 Å². The van der Waals surface area contributed by atoms with Crippen molar-refractivity contribution < 1.29 is 4.74 Å². The minimum Gasteiger partial charge on any atom is -0.481 e. The Kier molecular flexibility index (Phi) is 3.72. The summed E-state index contributed by atoms with van der Waals surface area (Å²) < 4.78 is 5.14. The Balaban J connectivity index is 1.65. The molecule has 1 fully saturated rings. The number of anilines is 3. The molecule has 0 radical (unpaired) electrons. The van der Waals surface area contributed by atoms with Crippen molar-refractivity contribution in [1.82, 2.24) is 15.0 Å². The average Bonchev–Trinajstić information content (AvgIpc) is 2.56. The Morgan fingerprint density at radius 3 is 2.48 bits per heavy atom. The molecule has 3 heterocycles. The Morgan fingerprint density at radius 2 is 1.81 bits per heavy atom. The SMILES string of the molecule is COc1cc(N2CCN(c3ccc(N)nc3)CC2)ncn1.